The van der Waals surface area contributed by atoms with Gasteiger partial charge in [0.05, 0.1) is 23.3 Å². The molecule has 0 radical (unpaired) electrons. The minimum atomic E-state index is -4.56. The third kappa shape index (κ3) is 4.44. The number of halogens is 3. The van der Waals surface area contributed by atoms with Gasteiger partial charge in [0.2, 0.25) is 5.91 Å². The van der Waals surface area contributed by atoms with Crippen molar-refractivity contribution in [1.82, 2.24) is 18.7 Å². The summed E-state index contributed by atoms with van der Waals surface area (Å²) in [4.78, 5) is 43.6. The van der Waals surface area contributed by atoms with Crippen LogP contribution in [0.1, 0.15) is 31.2 Å². The molecular formula is C22H25F3N6O3. The molecule has 12 heteroatoms. The van der Waals surface area contributed by atoms with Gasteiger partial charge in [0.25, 0.3) is 5.56 Å². The highest BCUT2D eigenvalue weighted by atomic mass is 19.4. The van der Waals surface area contributed by atoms with Crippen molar-refractivity contribution >= 4 is 28.4 Å². The predicted molar refractivity (Wildman–Crippen MR) is 121 cm³/mol. The van der Waals surface area contributed by atoms with Gasteiger partial charge in [-0.1, -0.05) is 12.8 Å². The van der Waals surface area contributed by atoms with Gasteiger partial charge in [-0.05, 0) is 31.0 Å². The number of imidazole rings is 1. The van der Waals surface area contributed by atoms with Crippen molar-refractivity contribution in [1.29, 1.82) is 0 Å². The maximum Gasteiger partial charge on any atom is 0.416 e. The summed E-state index contributed by atoms with van der Waals surface area (Å²) in [6, 6.07) is 3.35. The van der Waals surface area contributed by atoms with Crippen LogP contribution in [0.15, 0.2) is 34.1 Å². The Kier molecular flexibility index (Phi) is 6.24. The van der Waals surface area contributed by atoms with Gasteiger partial charge in [-0.2, -0.15) is 13.2 Å². The van der Waals surface area contributed by atoms with E-state index in [0.29, 0.717) is 18.8 Å². The van der Waals surface area contributed by atoms with Crippen molar-refractivity contribution < 1.29 is 18.0 Å². The van der Waals surface area contributed by atoms with Crippen LogP contribution in [0.4, 0.5) is 24.5 Å². The van der Waals surface area contributed by atoms with Gasteiger partial charge in [0, 0.05) is 27.2 Å². The highest BCUT2D eigenvalue weighted by Crippen LogP contribution is 2.36. The molecule has 0 bridgehead atoms. The van der Waals surface area contributed by atoms with Crippen molar-refractivity contribution in [3.05, 3.63) is 50.9 Å². The van der Waals surface area contributed by atoms with E-state index in [4.69, 9.17) is 0 Å². The van der Waals surface area contributed by atoms with Gasteiger partial charge in [0.1, 0.15) is 6.54 Å². The Bertz CT molecular complexity index is 1350. The van der Waals surface area contributed by atoms with Gasteiger partial charge in [-0.25, -0.2) is 9.78 Å². The largest absolute Gasteiger partial charge is 0.416 e. The van der Waals surface area contributed by atoms with Gasteiger partial charge in [-0.15, -0.1) is 0 Å². The number of anilines is 2. The van der Waals surface area contributed by atoms with Crippen LogP contribution < -0.4 is 21.5 Å². The maximum atomic E-state index is 13.4. The normalized spacial score (nSPS) is 14.9. The van der Waals surface area contributed by atoms with Gasteiger partial charge in [-0.3, -0.25) is 18.7 Å². The predicted octanol–water partition coefficient (Wildman–Crippen LogP) is 2.47. The highest BCUT2D eigenvalue weighted by Gasteiger charge is 2.32. The Labute approximate surface area is 192 Å². The van der Waals surface area contributed by atoms with Gasteiger partial charge < -0.3 is 14.8 Å². The number of benzene rings is 1. The van der Waals surface area contributed by atoms with Crippen LogP contribution in [0, 0.1) is 0 Å². The molecule has 4 rings (SSSR count). The summed E-state index contributed by atoms with van der Waals surface area (Å²) < 4.78 is 43.5. The number of rotatable bonds is 4. The fraction of sp³-hybridized carbons (Fsp3) is 0.455. The first-order valence-corrected chi connectivity index (χ1v) is 10.9. The van der Waals surface area contributed by atoms with E-state index in [1.165, 1.54) is 35.6 Å². The summed E-state index contributed by atoms with van der Waals surface area (Å²) in [5.74, 6) is -0.620. The number of nitrogens with zero attached hydrogens (tertiary/aromatic N) is 5. The minimum Gasteiger partial charge on any atom is -0.370 e. The molecule has 0 spiro atoms. The lowest BCUT2D eigenvalue weighted by Gasteiger charge is -2.26. The Morgan fingerprint density at radius 1 is 1.06 bits per heavy atom. The number of hydrogen-bond acceptors (Lipinski definition) is 5. The second-order valence-corrected chi connectivity index (χ2v) is 8.43. The van der Waals surface area contributed by atoms with Crippen LogP contribution in [-0.2, 0) is 31.6 Å². The summed E-state index contributed by atoms with van der Waals surface area (Å²) in [6.07, 6.45) is 0.615. The Morgan fingerprint density at radius 2 is 1.74 bits per heavy atom. The number of hydrogen-bond donors (Lipinski definition) is 1. The fourth-order valence-corrected chi connectivity index (χ4v) is 4.26. The highest BCUT2D eigenvalue weighted by molar-refractivity contribution is 5.95. The van der Waals surface area contributed by atoms with E-state index >= 15 is 0 Å². The molecule has 1 N–H and O–H groups in total. The lowest BCUT2D eigenvalue weighted by atomic mass is 10.1. The smallest absolute Gasteiger partial charge is 0.370 e. The van der Waals surface area contributed by atoms with Crippen molar-refractivity contribution in [3.8, 4) is 0 Å². The molecule has 1 fully saturated rings. The van der Waals surface area contributed by atoms with E-state index < -0.39 is 28.9 Å². The lowest BCUT2D eigenvalue weighted by molar-refractivity contribution is -0.137. The van der Waals surface area contributed by atoms with Crippen LogP contribution in [-0.4, -0.2) is 37.7 Å². The molecule has 1 saturated heterocycles. The molecule has 1 aromatic carbocycles. The molecule has 3 aromatic rings. The summed E-state index contributed by atoms with van der Waals surface area (Å²) >= 11 is 0. The molecule has 2 aromatic heterocycles. The first-order valence-electron chi connectivity index (χ1n) is 10.9. The van der Waals surface area contributed by atoms with Crippen LogP contribution >= 0.6 is 0 Å². The number of alkyl halides is 3. The standard InChI is InChI=1S/C22H25F3N6O3/c1-28-19-18(20(33)29(2)21(28)34)31(13-26-19)12-17(32)27-15-11-14(22(23,24)25)7-8-16(15)30-9-5-3-4-6-10-30/h7-8,11,13H,3-6,9-10,12H2,1-2H3,(H,27,32). The second-order valence-electron chi connectivity index (χ2n) is 8.43. The summed E-state index contributed by atoms with van der Waals surface area (Å²) in [5.41, 5.74) is -1.28. The molecule has 0 atom stereocenters. The van der Waals surface area contributed by atoms with Gasteiger partial charge >= 0.3 is 11.9 Å². The first-order chi connectivity index (χ1) is 16.1. The summed E-state index contributed by atoms with van der Waals surface area (Å²) in [7, 11) is 2.77. The molecule has 182 valence electrons. The molecule has 9 nitrogen and oxygen atoms in total. The number of amides is 1. The van der Waals surface area contributed by atoms with E-state index in [1.807, 2.05) is 4.90 Å². The Balaban J connectivity index is 1.67. The van der Waals surface area contributed by atoms with E-state index in [0.717, 1.165) is 42.4 Å². The summed E-state index contributed by atoms with van der Waals surface area (Å²) in [5, 5.41) is 2.60. The van der Waals surface area contributed by atoms with Crippen LogP contribution in [0.3, 0.4) is 0 Å². The Hall–Kier alpha value is -3.57. The molecule has 1 amide bonds. The first kappa shape index (κ1) is 23.6. The molecule has 34 heavy (non-hydrogen) atoms. The number of aryl methyl sites for hydroxylation is 1. The van der Waals surface area contributed by atoms with E-state index in [9.17, 15) is 27.6 Å². The topological polar surface area (TPSA) is 94.2 Å². The molecule has 0 saturated carbocycles. The number of carbonyl (C=O) groups excluding carboxylic acids is 1. The van der Waals surface area contributed by atoms with Crippen molar-refractivity contribution in [2.75, 3.05) is 23.3 Å². The zero-order valence-electron chi connectivity index (χ0n) is 18.9. The average molecular weight is 478 g/mol. The fourth-order valence-electron chi connectivity index (χ4n) is 4.26. The van der Waals surface area contributed by atoms with Crippen LogP contribution in [0.5, 0.6) is 0 Å². The van der Waals surface area contributed by atoms with Crippen LogP contribution in [0.25, 0.3) is 11.2 Å². The SMILES string of the molecule is Cn1c(=O)c2c(ncn2CC(=O)Nc2cc(C(F)(F)F)ccc2N2CCCCCC2)n(C)c1=O. The van der Waals surface area contributed by atoms with E-state index in [-0.39, 0.29) is 23.4 Å². The van der Waals surface area contributed by atoms with E-state index in [2.05, 4.69) is 10.3 Å². The minimum absolute atomic E-state index is 0.0523. The molecule has 0 aliphatic carbocycles. The monoisotopic (exact) mass is 478 g/mol. The second kappa shape index (κ2) is 8.99. The molecule has 0 unspecified atom stereocenters. The van der Waals surface area contributed by atoms with Crippen molar-refractivity contribution in [2.45, 2.75) is 38.4 Å². The van der Waals surface area contributed by atoms with Gasteiger partial charge in [0.15, 0.2) is 11.2 Å². The maximum absolute atomic E-state index is 13.4. The van der Waals surface area contributed by atoms with E-state index in [1.54, 1.807) is 0 Å². The average Bonchev–Trinajstić information content (AvgIpc) is 3.01. The third-order valence-corrected chi connectivity index (χ3v) is 6.08. The number of aromatic nitrogens is 4. The van der Waals surface area contributed by atoms with Crippen molar-refractivity contribution in [2.24, 2.45) is 14.1 Å². The number of nitrogens with one attached hydrogen (secondary N) is 1. The number of fused-ring (bicyclic) bond motifs is 1. The quantitative estimate of drug-likeness (QED) is 0.622. The third-order valence-electron chi connectivity index (χ3n) is 6.08. The zero-order chi connectivity index (χ0) is 24.6. The molecule has 1 aliphatic heterocycles. The number of carbonyl (C=O) groups is 1. The Morgan fingerprint density at radius 3 is 2.38 bits per heavy atom. The zero-order valence-corrected chi connectivity index (χ0v) is 18.9. The van der Waals surface area contributed by atoms with Crippen molar-refractivity contribution in [3.63, 3.8) is 0 Å². The van der Waals surface area contributed by atoms with Crippen LogP contribution in [0.2, 0.25) is 0 Å². The summed E-state index contributed by atoms with van der Waals surface area (Å²) in [6.45, 7) is 1.01. The molecular weight excluding hydrogens is 453 g/mol. The molecule has 1 aliphatic rings. The molecule has 3 heterocycles. The lowest BCUT2D eigenvalue weighted by Crippen LogP contribution is -2.37.